The van der Waals surface area contributed by atoms with Gasteiger partial charge in [0.25, 0.3) is 0 Å². The minimum absolute atomic E-state index is 0.0791. The number of aryl methyl sites for hydroxylation is 2. The van der Waals surface area contributed by atoms with E-state index in [0.29, 0.717) is 26.9 Å². The zero-order chi connectivity index (χ0) is 27.9. The van der Waals surface area contributed by atoms with E-state index in [1.54, 1.807) is 31.2 Å². The smallest absolute Gasteiger partial charge is 0.337 e. The molecule has 6 nitrogen and oxygen atoms in total. The lowest BCUT2D eigenvalue weighted by Crippen LogP contribution is -2.29. The number of benzene rings is 3. The van der Waals surface area contributed by atoms with Gasteiger partial charge in [-0.1, -0.05) is 84.0 Å². The fourth-order valence-electron chi connectivity index (χ4n) is 4.41. The number of allylic oxidation sites excluding steroid dienone is 2. The van der Waals surface area contributed by atoms with E-state index >= 15 is 0 Å². The lowest BCUT2D eigenvalue weighted by Gasteiger charge is -2.29. The molecule has 1 atom stereocenters. The number of nitriles is 1. The number of rotatable bonds is 8. The van der Waals surface area contributed by atoms with Crippen LogP contribution in [0.5, 0.6) is 0 Å². The summed E-state index contributed by atoms with van der Waals surface area (Å²) in [7, 11) is 0. The van der Waals surface area contributed by atoms with E-state index in [2.05, 4.69) is 16.7 Å². The predicted molar refractivity (Wildman–Crippen MR) is 156 cm³/mol. The maximum absolute atomic E-state index is 13.4. The first kappa shape index (κ1) is 28.0. The van der Waals surface area contributed by atoms with Gasteiger partial charge in [0.05, 0.1) is 33.9 Å². The minimum Gasteiger partial charge on any atom is -0.457 e. The van der Waals surface area contributed by atoms with Crippen LogP contribution in [0.25, 0.3) is 0 Å². The molecule has 0 spiro atoms. The molecule has 0 fully saturated rings. The first-order chi connectivity index (χ1) is 18.8. The molecule has 0 aliphatic carbocycles. The molecule has 1 unspecified atom stereocenters. The quantitative estimate of drug-likeness (QED) is 0.297. The third-order valence-electron chi connectivity index (χ3n) is 6.38. The molecule has 0 bridgehead atoms. The molecule has 1 aliphatic rings. The number of dihydropyridines is 1. The number of nitrogens with one attached hydrogen (secondary N) is 2. The average molecular weight is 558 g/mol. The van der Waals surface area contributed by atoms with Crippen molar-refractivity contribution in [1.82, 2.24) is 5.32 Å². The van der Waals surface area contributed by atoms with Gasteiger partial charge < -0.3 is 15.4 Å². The van der Waals surface area contributed by atoms with Gasteiger partial charge in [0, 0.05) is 16.4 Å². The maximum Gasteiger partial charge on any atom is 0.337 e. The molecule has 1 aliphatic heterocycles. The number of esters is 1. The number of halogens is 1. The first-order valence-electron chi connectivity index (χ1n) is 12.4. The summed E-state index contributed by atoms with van der Waals surface area (Å²) in [5, 5.41) is 17.5. The Kier molecular flexibility index (Phi) is 9.13. The lowest BCUT2D eigenvalue weighted by atomic mass is 9.82. The van der Waals surface area contributed by atoms with E-state index in [-0.39, 0.29) is 18.3 Å². The number of carbonyl (C=O) groups excluding carboxylic acids is 2. The molecule has 3 aromatic carbocycles. The highest BCUT2D eigenvalue weighted by molar-refractivity contribution is 8.03. The third-order valence-corrected chi connectivity index (χ3v) is 7.65. The standard InChI is InChI=1S/C31H28ClN3O3S/c1-19-8-7-9-20(2)29(19)35-26(36)18-39-30-25(16-33)28(23-12-14-24(32)15-13-23)27(21(3)34-30)31(37)38-17-22-10-5-4-6-11-22/h4-15,28,34H,17-18H2,1-3H3,(H,35,36). The molecule has 0 saturated heterocycles. The monoisotopic (exact) mass is 557 g/mol. The SMILES string of the molecule is CC1=C(C(=O)OCc2ccccc2)C(c2ccc(Cl)cc2)C(C#N)=C(SCC(=O)Nc2c(C)cccc2C)N1. The van der Waals surface area contributed by atoms with E-state index in [9.17, 15) is 14.9 Å². The number of ether oxygens (including phenoxy) is 1. The summed E-state index contributed by atoms with van der Waals surface area (Å²) in [6.45, 7) is 5.76. The number of thioether (sulfide) groups is 1. The van der Waals surface area contributed by atoms with Crippen molar-refractivity contribution in [3.05, 3.63) is 122 Å². The molecular weight excluding hydrogens is 530 g/mol. The highest BCUT2D eigenvalue weighted by Gasteiger charge is 2.35. The summed E-state index contributed by atoms with van der Waals surface area (Å²) >= 11 is 7.35. The molecule has 2 N–H and O–H groups in total. The van der Waals surface area contributed by atoms with Gasteiger partial charge in [0.2, 0.25) is 5.91 Å². The molecule has 1 heterocycles. The molecule has 4 rings (SSSR count). The van der Waals surface area contributed by atoms with E-state index in [4.69, 9.17) is 16.3 Å². The Morgan fingerprint density at radius 2 is 1.67 bits per heavy atom. The number of anilines is 1. The largest absolute Gasteiger partial charge is 0.457 e. The van der Waals surface area contributed by atoms with Gasteiger partial charge in [-0.3, -0.25) is 4.79 Å². The molecule has 0 aromatic heterocycles. The molecule has 3 aromatic rings. The number of para-hydroxylation sites is 1. The van der Waals surface area contributed by atoms with Gasteiger partial charge in [0.15, 0.2) is 0 Å². The van der Waals surface area contributed by atoms with Crippen molar-refractivity contribution in [2.24, 2.45) is 0 Å². The Bertz CT molecular complexity index is 1470. The van der Waals surface area contributed by atoms with Crippen molar-refractivity contribution in [1.29, 1.82) is 5.26 Å². The molecular formula is C31H28ClN3O3S. The predicted octanol–water partition coefficient (Wildman–Crippen LogP) is 6.77. The van der Waals surface area contributed by atoms with Crippen LogP contribution in [0.4, 0.5) is 5.69 Å². The van der Waals surface area contributed by atoms with Gasteiger partial charge in [-0.25, -0.2) is 4.79 Å². The average Bonchev–Trinajstić information content (AvgIpc) is 2.93. The van der Waals surface area contributed by atoms with Gasteiger partial charge in [-0.15, -0.1) is 0 Å². The number of carbonyl (C=O) groups is 2. The van der Waals surface area contributed by atoms with Crippen LogP contribution in [0, 0.1) is 25.2 Å². The van der Waals surface area contributed by atoms with E-state index in [1.165, 1.54) is 11.8 Å². The van der Waals surface area contributed by atoms with Crippen LogP contribution in [-0.4, -0.2) is 17.6 Å². The Morgan fingerprint density at radius 1 is 1.00 bits per heavy atom. The summed E-state index contributed by atoms with van der Waals surface area (Å²) in [5.74, 6) is -1.31. The lowest BCUT2D eigenvalue weighted by molar-refractivity contribution is -0.140. The van der Waals surface area contributed by atoms with Crippen molar-refractivity contribution in [2.45, 2.75) is 33.3 Å². The highest BCUT2D eigenvalue weighted by Crippen LogP contribution is 2.41. The Morgan fingerprint density at radius 3 is 2.31 bits per heavy atom. The van der Waals surface area contributed by atoms with Crippen molar-refractivity contribution < 1.29 is 14.3 Å². The Labute approximate surface area is 237 Å². The topological polar surface area (TPSA) is 91.2 Å². The summed E-state index contributed by atoms with van der Waals surface area (Å²) in [6, 6.07) is 24.5. The molecule has 8 heteroatoms. The van der Waals surface area contributed by atoms with Gasteiger partial charge >= 0.3 is 5.97 Å². The number of hydrogen-bond acceptors (Lipinski definition) is 6. The molecule has 1 amide bonds. The number of hydrogen-bond donors (Lipinski definition) is 2. The minimum atomic E-state index is -0.680. The van der Waals surface area contributed by atoms with Crippen LogP contribution < -0.4 is 10.6 Å². The van der Waals surface area contributed by atoms with E-state index in [1.807, 2.05) is 62.4 Å². The normalized spacial score (nSPS) is 14.9. The molecule has 198 valence electrons. The zero-order valence-electron chi connectivity index (χ0n) is 21.9. The van der Waals surface area contributed by atoms with Crippen molar-refractivity contribution >= 4 is 40.9 Å². The second-order valence-corrected chi connectivity index (χ2v) is 10.6. The van der Waals surface area contributed by atoms with Crippen molar-refractivity contribution in [3.63, 3.8) is 0 Å². The van der Waals surface area contributed by atoms with Gasteiger partial charge in [-0.2, -0.15) is 5.26 Å². The highest BCUT2D eigenvalue weighted by atomic mass is 35.5. The van der Waals surface area contributed by atoms with Crippen molar-refractivity contribution in [2.75, 3.05) is 11.1 Å². The van der Waals surface area contributed by atoms with Crippen LogP contribution >= 0.6 is 23.4 Å². The van der Waals surface area contributed by atoms with Crippen LogP contribution in [0.2, 0.25) is 5.02 Å². The molecule has 39 heavy (non-hydrogen) atoms. The Hall–Kier alpha value is -3.99. The Balaban J connectivity index is 1.60. The molecule has 0 saturated carbocycles. The summed E-state index contributed by atoms with van der Waals surface area (Å²) in [4.78, 5) is 26.2. The zero-order valence-corrected chi connectivity index (χ0v) is 23.5. The summed E-state index contributed by atoms with van der Waals surface area (Å²) in [5.41, 5.74) is 5.55. The van der Waals surface area contributed by atoms with Crippen LogP contribution in [0.15, 0.2) is 94.7 Å². The van der Waals surface area contributed by atoms with E-state index in [0.717, 1.165) is 27.9 Å². The fraction of sp³-hybridized carbons (Fsp3) is 0.194. The summed E-state index contributed by atoms with van der Waals surface area (Å²) < 4.78 is 5.66. The third kappa shape index (κ3) is 6.72. The maximum atomic E-state index is 13.4. The van der Waals surface area contributed by atoms with Crippen molar-refractivity contribution in [3.8, 4) is 6.07 Å². The second-order valence-electron chi connectivity index (χ2n) is 9.17. The van der Waals surface area contributed by atoms with Crippen LogP contribution in [0.1, 0.15) is 35.1 Å². The number of nitrogens with zero attached hydrogens (tertiary/aromatic N) is 1. The van der Waals surface area contributed by atoms with Crippen LogP contribution in [-0.2, 0) is 20.9 Å². The first-order valence-corrected chi connectivity index (χ1v) is 13.7. The second kappa shape index (κ2) is 12.7. The number of amides is 1. The van der Waals surface area contributed by atoms with Crippen LogP contribution in [0.3, 0.4) is 0 Å². The summed E-state index contributed by atoms with van der Waals surface area (Å²) in [6.07, 6.45) is 0. The molecule has 0 radical (unpaired) electrons. The van der Waals surface area contributed by atoms with E-state index < -0.39 is 11.9 Å². The fourth-order valence-corrected chi connectivity index (χ4v) is 5.43. The van der Waals surface area contributed by atoms with Gasteiger partial charge in [-0.05, 0) is 55.2 Å². The van der Waals surface area contributed by atoms with Gasteiger partial charge in [0.1, 0.15) is 6.61 Å².